The van der Waals surface area contributed by atoms with Crippen LogP contribution in [0.5, 0.6) is 0 Å². The summed E-state index contributed by atoms with van der Waals surface area (Å²) in [6.07, 6.45) is 2.03. The molecule has 0 bridgehead atoms. The zero-order chi connectivity index (χ0) is 19.3. The Morgan fingerprint density at radius 2 is 1.08 bits per heavy atom. The molecule has 2 aliphatic rings. The molecule has 2 aliphatic heterocycles. The highest BCUT2D eigenvalue weighted by atomic mass is 15.1. The predicted octanol–water partition coefficient (Wildman–Crippen LogP) is 5.44. The third-order valence-corrected chi connectivity index (χ3v) is 5.50. The molecule has 26 heavy (non-hydrogen) atoms. The van der Waals surface area contributed by atoms with E-state index in [9.17, 15) is 0 Å². The topological polar surface area (TPSA) is 6.48 Å². The zero-order valence-electron chi connectivity index (χ0n) is 17.3. The maximum atomic E-state index is 7.96. The van der Waals surface area contributed by atoms with Crippen LogP contribution in [0.1, 0.15) is 29.4 Å². The van der Waals surface area contributed by atoms with Crippen molar-refractivity contribution in [2.24, 2.45) is 0 Å². The van der Waals surface area contributed by atoms with Gasteiger partial charge >= 0.3 is 0 Å². The maximum absolute atomic E-state index is 7.96. The van der Waals surface area contributed by atoms with E-state index in [0.717, 1.165) is 39.0 Å². The first-order chi connectivity index (χ1) is 13.8. The molecule has 0 fully saturated rings. The lowest BCUT2D eigenvalue weighted by atomic mass is 10.0. The molecule has 0 spiro atoms. The van der Waals surface area contributed by atoms with Crippen molar-refractivity contribution in [2.75, 3.05) is 36.0 Å². The molecule has 2 heteroatoms. The molecule has 0 unspecified atom stereocenters. The average Bonchev–Trinajstić information content (AvgIpc) is 3.37. The summed E-state index contributed by atoms with van der Waals surface area (Å²) < 4.78 is 15.9. The summed E-state index contributed by atoms with van der Waals surface area (Å²) in [5.41, 5.74) is 7.88. The minimum absolute atomic E-state index is 0.388. The smallest absolute Gasteiger partial charge is 0.0395 e. The molecule has 0 aliphatic carbocycles. The van der Waals surface area contributed by atoms with E-state index in [1.54, 1.807) is 0 Å². The lowest BCUT2D eigenvalue weighted by Gasteiger charge is -2.19. The van der Waals surface area contributed by atoms with E-state index in [1.807, 2.05) is 12.1 Å². The minimum atomic E-state index is 0.388. The first-order valence-electron chi connectivity index (χ1n) is 10.8. The number of hydrogen-bond donors (Lipinski definition) is 0. The van der Waals surface area contributed by atoms with Gasteiger partial charge in [-0.3, -0.25) is 0 Å². The Labute approximate surface area is 160 Å². The molecule has 2 aromatic carbocycles. The second-order valence-electron chi connectivity index (χ2n) is 7.30. The molecular formula is C24H28N2. The predicted molar refractivity (Wildman–Crippen MR) is 112 cm³/mol. The van der Waals surface area contributed by atoms with Crippen molar-refractivity contribution in [2.45, 2.75) is 26.6 Å². The van der Waals surface area contributed by atoms with Crippen LogP contribution in [-0.2, 0) is 0 Å². The van der Waals surface area contributed by atoms with Gasteiger partial charge in [0.1, 0.15) is 0 Å². The molecule has 2 aromatic rings. The first-order valence-corrected chi connectivity index (χ1v) is 9.36. The first kappa shape index (κ1) is 14.7. The third-order valence-electron chi connectivity index (χ3n) is 5.50. The van der Waals surface area contributed by atoms with E-state index in [-0.39, 0.29) is 0 Å². The van der Waals surface area contributed by atoms with Gasteiger partial charge < -0.3 is 9.80 Å². The standard InChI is InChI=1S/C24H28N2/c1-19-15-25(23-9-5-3-6-10-23)17-21(19)13-14-22-18-26(16-20(22)2)24-11-7-4-8-12-24/h3-12H,13-18H2,1-2H3/i1D,2D. The summed E-state index contributed by atoms with van der Waals surface area (Å²) in [7, 11) is 0. The summed E-state index contributed by atoms with van der Waals surface area (Å²) in [5, 5.41) is 0. The maximum Gasteiger partial charge on any atom is 0.0395 e. The Hall–Kier alpha value is -2.48. The second-order valence-corrected chi connectivity index (χ2v) is 7.30. The monoisotopic (exact) mass is 346 g/mol. The van der Waals surface area contributed by atoms with Crippen molar-refractivity contribution in [1.29, 1.82) is 0 Å². The quantitative estimate of drug-likeness (QED) is 0.665. The molecule has 0 aromatic heterocycles. The van der Waals surface area contributed by atoms with Crippen LogP contribution in [0.25, 0.3) is 0 Å². The Morgan fingerprint density at radius 1 is 0.654 bits per heavy atom. The van der Waals surface area contributed by atoms with Gasteiger partial charge in [0, 0.05) is 40.3 Å². The summed E-state index contributed by atoms with van der Waals surface area (Å²) in [6, 6.07) is 21.0. The molecule has 0 N–H and O–H groups in total. The van der Waals surface area contributed by atoms with E-state index in [0.29, 0.717) is 13.8 Å². The van der Waals surface area contributed by atoms with Crippen LogP contribution in [0.15, 0.2) is 83.0 Å². The van der Waals surface area contributed by atoms with Crippen LogP contribution in [0.2, 0.25) is 0 Å². The van der Waals surface area contributed by atoms with Crippen molar-refractivity contribution >= 4 is 11.4 Å². The van der Waals surface area contributed by atoms with Gasteiger partial charge in [0.2, 0.25) is 0 Å². The molecular weight excluding hydrogens is 316 g/mol. The fourth-order valence-corrected chi connectivity index (χ4v) is 3.94. The van der Waals surface area contributed by atoms with Gasteiger partial charge in [-0.05, 0) is 62.1 Å². The highest BCUT2D eigenvalue weighted by Crippen LogP contribution is 2.31. The number of anilines is 2. The van der Waals surface area contributed by atoms with Gasteiger partial charge in [0.15, 0.2) is 0 Å². The van der Waals surface area contributed by atoms with Gasteiger partial charge in [-0.25, -0.2) is 0 Å². The summed E-state index contributed by atoms with van der Waals surface area (Å²) in [4.78, 5) is 4.76. The largest absolute Gasteiger partial charge is 0.364 e. The molecule has 2 nitrogen and oxygen atoms in total. The Bertz CT molecular complexity index is 785. The van der Waals surface area contributed by atoms with Gasteiger partial charge in [0.05, 0.1) is 0 Å². The van der Waals surface area contributed by atoms with Crippen molar-refractivity contribution in [3.63, 3.8) is 0 Å². The lowest BCUT2D eigenvalue weighted by Crippen LogP contribution is -2.20. The highest BCUT2D eigenvalue weighted by molar-refractivity contribution is 5.53. The van der Waals surface area contributed by atoms with Gasteiger partial charge in [-0.2, -0.15) is 0 Å². The molecule has 2 heterocycles. The summed E-state index contributed by atoms with van der Waals surface area (Å²) in [5.74, 6) is 0. The number of para-hydroxylation sites is 2. The molecule has 0 amide bonds. The molecule has 0 saturated carbocycles. The van der Waals surface area contributed by atoms with Crippen molar-refractivity contribution in [3.8, 4) is 0 Å². The normalized spacial score (nSPS) is 18.6. The van der Waals surface area contributed by atoms with Crippen molar-refractivity contribution < 1.29 is 2.74 Å². The number of hydrogen-bond acceptors (Lipinski definition) is 2. The summed E-state index contributed by atoms with van der Waals surface area (Å²) >= 11 is 0. The van der Waals surface area contributed by atoms with Crippen LogP contribution in [0.3, 0.4) is 0 Å². The van der Waals surface area contributed by atoms with E-state index >= 15 is 0 Å². The minimum Gasteiger partial charge on any atom is -0.364 e. The Balaban J connectivity index is 1.41. The second kappa shape index (κ2) is 7.41. The van der Waals surface area contributed by atoms with Gasteiger partial charge in [0.25, 0.3) is 0 Å². The zero-order valence-corrected chi connectivity index (χ0v) is 15.3. The van der Waals surface area contributed by atoms with E-state index in [2.05, 4.69) is 58.3 Å². The Kier molecular flexibility index (Phi) is 4.18. The van der Waals surface area contributed by atoms with Crippen LogP contribution >= 0.6 is 0 Å². The summed E-state index contributed by atoms with van der Waals surface area (Å²) in [6.45, 7) is 4.40. The lowest BCUT2D eigenvalue weighted by molar-refractivity contribution is 0.861. The average molecular weight is 347 g/mol. The van der Waals surface area contributed by atoms with Gasteiger partial charge in [-0.15, -0.1) is 0 Å². The molecule has 0 saturated heterocycles. The SMILES string of the molecule is [2H]CC1=C(CCC2=C(C[2H])CN(c3ccccc3)C2)CN(c2ccccc2)C1. The fraction of sp³-hybridized carbons (Fsp3) is 0.333. The number of rotatable bonds is 5. The van der Waals surface area contributed by atoms with Crippen LogP contribution in [-0.4, -0.2) is 26.2 Å². The Morgan fingerprint density at radius 3 is 1.46 bits per heavy atom. The van der Waals surface area contributed by atoms with Crippen molar-refractivity contribution in [1.82, 2.24) is 0 Å². The van der Waals surface area contributed by atoms with Crippen molar-refractivity contribution in [3.05, 3.63) is 83.0 Å². The van der Waals surface area contributed by atoms with E-state index < -0.39 is 0 Å². The van der Waals surface area contributed by atoms with E-state index in [4.69, 9.17) is 2.74 Å². The fourth-order valence-electron chi connectivity index (χ4n) is 3.94. The van der Waals surface area contributed by atoms with Crippen LogP contribution in [0.4, 0.5) is 11.4 Å². The molecule has 0 radical (unpaired) electrons. The van der Waals surface area contributed by atoms with Crippen LogP contribution in [0, 0.1) is 0 Å². The number of nitrogens with zero attached hydrogens (tertiary/aromatic N) is 2. The molecule has 134 valence electrons. The highest BCUT2D eigenvalue weighted by Gasteiger charge is 2.22. The van der Waals surface area contributed by atoms with Crippen LogP contribution < -0.4 is 9.80 Å². The third kappa shape index (κ3) is 3.55. The van der Waals surface area contributed by atoms with E-state index in [1.165, 1.54) is 33.7 Å². The molecule has 4 rings (SSSR count). The molecule has 0 atom stereocenters. The van der Waals surface area contributed by atoms with Gasteiger partial charge in [-0.1, -0.05) is 47.5 Å². The number of benzene rings is 2.